The lowest BCUT2D eigenvalue weighted by molar-refractivity contribution is 0.193. The predicted octanol–water partition coefficient (Wildman–Crippen LogP) is -1.05. The van der Waals surface area contributed by atoms with Crippen LogP contribution in [0.3, 0.4) is 0 Å². The third-order valence-electron chi connectivity index (χ3n) is 2.29. The summed E-state index contributed by atoms with van der Waals surface area (Å²) in [6.45, 7) is 0. The SMILES string of the molecule is CN1C(=O)N(C)C2NC(=O)NC21. The van der Waals surface area contributed by atoms with Gasteiger partial charge in [-0.25, -0.2) is 9.59 Å². The first-order valence-electron chi connectivity index (χ1n) is 3.68. The minimum absolute atomic E-state index is 0.0856. The average Bonchev–Trinajstić information content (AvgIpc) is 2.49. The first kappa shape index (κ1) is 7.20. The highest BCUT2D eigenvalue weighted by molar-refractivity contribution is 5.84. The quantitative estimate of drug-likeness (QED) is 0.487. The average molecular weight is 170 g/mol. The number of nitrogens with one attached hydrogen (secondary N) is 2. The Morgan fingerprint density at radius 1 is 1.08 bits per heavy atom. The molecule has 6 nitrogen and oxygen atoms in total. The molecule has 66 valence electrons. The van der Waals surface area contributed by atoms with Crippen LogP contribution >= 0.6 is 0 Å². The Bertz CT molecular complexity index is 232. The monoisotopic (exact) mass is 170 g/mol. The molecule has 0 aromatic heterocycles. The highest BCUT2D eigenvalue weighted by Crippen LogP contribution is 2.18. The van der Waals surface area contributed by atoms with Gasteiger partial charge in [0.05, 0.1) is 0 Å². The van der Waals surface area contributed by atoms with Crippen molar-refractivity contribution < 1.29 is 9.59 Å². The van der Waals surface area contributed by atoms with E-state index in [1.165, 1.54) is 9.80 Å². The summed E-state index contributed by atoms with van der Waals surface area (Å²) in [5.74, 6) is 0. The molecule has 2 saturated heterocycles. The molecule has 0 radical (unpaired) electrons. The molecule has 0 spiro atoms. The van der Waals surface area contributed by atoms with E-state index in [-0.39, 0.29) is 24.4 Å². The molecule has 2 rings (SSSR count). The molecule has 2 N–H and O–H groups in total. The van der Waals surface area contributed by atoms with E-state index in [0.29, 0.717) is 0 Å². The molecular weight excluding hydrogens is 160 g/mol. The van der Waals surface area contributed by atoms with Crippen LogP contribution in [0.1, 0.15) is 0 Å². The van der Waals surface area contributed by atoms with Crippen LogP contribution in [0.15, 0.2) is 0 Å². The summed E-state index contributed by atoms with van der Waals surface area (Å²) in [5, 5.41) is 5.28. The molecule has 12 heavy (non-hydrogen) atoms. The molecular formula is C6H10N4O2. The molecule has 2 atom stereocenters. The van der Waals surface area contributed by atoms with Gasteiger partial charge in [0.15, 0.2) is 0 Å². The maximum Gasteiger partial charge on any atom is 0.323 e. The Labute approximate surface area is 69.5 Å². The summed E-state index contributed by atoms with van der Waals surface area (Å²) in [5.41, 5.74) is 0. The number of likely N-dealkylation sites (N-methyl/N-ethyl adjacent to an activating group) is 2. The summed E-state index contributed by atoms with van der Waals surface area (Å²) in [6, 6.07) is -0.311. The van der Waals surface area contributed by atoms with E-state index in [4.69, 9.17) is 0 Å². The van der Waals surface area contributed by atoms with Crippen LogP contribution in [0.5, 0.6) is 0 Å². The van der Waals surface area contributed by atoms with E-state index in [1.54, 1.807) is 14.1 Å². The van der Waals surface area contributed by atoms with Crippen molar-refractivity contribution in [2.45, 2.75) is 12.3 Å². The van der Waals surface area contributed by atoms with Gasteiger partial charge in [-0.2, -0.15) is 0 Å². The molecule has 4 amide bonds. The maximum atomic E-state index is 11.3. The van der Waals surface area contributed by atoms with Gasteiger partial charge in [-0.05, 0) is 0 Å². The fourth-order valence-corrected chi connectivity index (χ4v) is 1.57. The Hall–Kier alpha value is -1.46. The number of nitrogens with zero attached hydrogens (tertiary/aromatic N) is 2. The number of carbonyl (C=O) groups excluding carboxylic acids is 2. The van der Waals surface area contributed by atoms with E-state index in [9.17, 15) is 9.59 Å². The number of fused-ring (bicyclic) bond motifs is 1. The van der Waals surface area contributed by atoms with Crippen LogP contribution in [-0.4, -0.2) is 48.3 Å². The van der Waals surface area contributed by atoms with Crippen molar-refractivity contribution in [2.24, 2.45) is 0 Å². The van der Waals surface area contributed by atoms with Crippen LogP contribution in [0.2, 0.25) is 0 Å². The fraction of sp³-hybridized carbons (Fsp3) is 0.667. The van der Waals surface area contributed by atoms with Gasteiger partial charge in [-0.15, -0.1) is 0 Å². The lowest BCUT2D eigenvalue weighted by Crippen LogP contribution is -2.41. The molecule has 2 fully saturated rings. The topological polar surface area (TPSA) is 64.7 Å². The summed E-state index contributed by atoms with van der Waals surface area (Å²) < 4.78 is 0. The molecule has 0 aromatic rings. The zero-order chi connectivity index (χ0) is 8.88. The van der Waals surface area contributed by atoms with Crippen LogP contribution < -0.4 is 10.6 Å². The van der Waals surface area contributed by atoms with Crippen molar-refractivity contribution in [2.75, 3.05) is 14.1 Å². The standard InChI is InChI=1S/C6H10N4O2/c1-9-3-4(8-5(11)7-3)10(2)6(9)12/h3-4H,1-2H3,(H2,7,8,11). The normalized spacial score (nSPS) is 33.5. The zero-order valence-electron chi connectivity index (χ0n) is 6.87. The minimum atomic E-state index is -0.227. The van der Waals surface area contributed by atoms with Gasteiger partial charge in [-0.3, -0.25) is 0 Å². The number of rotatable bonds is 0. The lowest BCUT2D eigenvalue weighted by Gasteiger charge is -2.14. The smallest absolute Gasteiger partial charge is 0.314 e. The Balaban J connectivity index is 2.26. The molecule has 0 saturated carbocycles. The summed E-state index contributed by atoms with van der Waals surface area (Å²) in [4.78, 5) is 25.2. The minimum Gasteiger partial charge on any atom is -0.314 e. The number of urea groups is 2. The number of carbonyl (C=O) groups is 2. The molecule has 2 unspecified atom stereocenters. The second-order valence-corrected chi connectivity index (χ2v) is 3.01. The molecule has 0 bridgehead atoms. The van der Waals surface area contributed by atoms with Crippen LogP contribution in [-0.2, 0) is 0 Å². The Morgan fingerprint density at radius 3 is 1.92 bits per heavy atom. The van der Waals surface area contributed by atoms with Gasteiger partial charge in [0, 0.05) is 14.1 Å². The van der Waals surface area contributed by atoms with Crippen LogP contribution in [0.4, 0.5) is 9.59 Å². The molecule has 2 aliphatic heterocycles. The first-order chi connectivity index (χ1) is 5.61. The molecule has 6 heteroatoms. The second kappa shape index (κ2) is 2.02. The lowest BCUT2D eigenvalue weighted by atomic mass is 10.4. The first-order valence-corrected chi connectivity index (χ1v) is 3.68. The number of hydrogen-bond donors (Lipinski definition) is 2. The number of amides is 4. The van der Waals surface area contributed by atoms with Crippen LogP contribution in [0.25, 0.3) is 0 Å². The molecule has 0 aromatic carbocycles. The third kappa shape index (κ3) is 0.689. The maximum absolute atomic E-state index is 11.3. The highest BCUT2D eigenvalue weighted by atomic mass is 16.2. The number of hydrogen-bond acceptors (Lipinski definition) is 2. The van der Waals surface area contributed by atoms with Gasteiger partial charge in [0.2, 0.25) is 0 Å². The summed E-state index contributed by atoms with van der Waals surface area (Å²) in [6.07, 6.45) is -0.454. The van der Waals surface area contributed by atoms with Crippen molar-refractivity contribution in [3.8, 4) is 0 Å². The fourth-order valence-electron chi connectivity index (χ4n) is 1.57. The Morgan fingerprint density at radius 2 is 1.50 bits per heavy atom. The second-order valence-electron chi connectivity index (χ2n) is 3.01. The van der Waals surface area contributed by atoms with Crippen molar-refractivity contribution in [1.29, 1.82) is 0 Å². The Kier molecular flexibility index (Phi) is 1.22. The van der Waals surface area contributed by atoms with Crippen molar-refractivity contribution in [3.05, 3.63) is 0 Å². The zero-order valence-corrected chi connectivity index (χ0v) is 6.87. The highest BCUT2D eigenvalue weighted by Gasteiger charge is 2.47. The van der Waals surface area contributed by atoms with Crippen molar-refractivity contribution in [1.82, 2.24) is 20.4 Å². The van der Waals surface area contributed by atoms with Crippen molar-refractivity contribution >= 4 is 12.1 Å². The molecule has 0 aliphatic carbocycles. The van der Waals surface area contributed by atoms with Gasteiger partial charge in [0.25, 0.3) is 0 Å². The largest absolute Gasteiger partial charge is 0.323 e. The van der Waals surface area contributed by atoms with Gasteiger partial charge in [0.1, 0.15) is 12.3 Å². The summed E-state index contributed by atoms with van der Waals surface area (Å²) in [7, 11) is 3.33. The van der Waals surface area contributed by atoms with E-state index in [1.807, 2.05) is 0 Å². The van der Waals surface area contributed by atoms with E-state index < -0.39 is 0 Å². The summed E-state index contributed by atoms with van der Waals surface area (Å²) >= 11 is 0. The van der Waals surface area contributed by atoms with Crippen LogP contribution in [0, 0.1) is 0 Å². The van der Waals surface area contributed by atoms with E-state index >= 15 is 0 Å². The van der Waals surface area contributed by atoms with Crippen molar-refractivity contribution in [3.63, 3.8) is 0 Å². The van der Waals surface area contributed by atoms with Gasteiger partial charge < -0.3 is 20.4 Å². The van der Waals surface area contributed by atoms with Gasteiger partial charge in [-0.1, -0.05) is 0 Å². The molecule has 2 aliphatic rings. The van der Waals surface area contributed by atoms with Gasteiger partial charge >= 0.3 is 12.1 Å². The third-order valence-corrected chi connectivity index (χ3v) is 2.29. The van der Waals surface area contributed by atoms with E-state index in [0.717, 1.165) is 0 Å². The predicted molar refractivity (Wildman–Crippen MR) is 40.2 cm³/mol. The van der Waals surface area contributed by atoms with E-state index in [2.05, 4.69) is 10.6 Å². The molecule has 2 heterocycles.